The number of rotatable bonds is 4. The summed E-state index contributed by atoms with van der Waals surface area (Å²) >= 11 is 4.89. The summed E-state index contributed by atoms with van der Waals surface area (Å²) in [7, 11) is 0. The van der Waals surface area contributed by atoms with E-state index < -0.39 is 0 Å². The molecule has 0 aliphatic carbocycles. The zero-order valence-corrected chi connectivity index (χ0v) is 14.3. The van der Waals surface area contributed by atoms with E-state index in [2.05, 4.69) is 43.3 Å². The van der Waals surface area contributed by atoms with Crippen molar-refractivity contribution in [3.8, 4) is 0 Å². The van der Waals surface area contributed by atoms with Crippen LogP contribution < -0.4 is 10.2 Å². The number of anilines is 2. The van der Waals surface area contributed by atoms with Crippen LogP contribution in [0.5, 0.6) is 0 Å². The number of hydrogen-bond donors (Lipinski definition) is 1. The van der Waals surface area contributed by atoms with Crippen molar-refractivity contribution >= 4 is 54.2 Å². The summed E-state index contributed by atoms with van der Waals surface area (Å²) in [6, 6.07) is 6.35. The Hall–Kier alpha value is -1.14. The quantitative estimate of drug-likeness (QED) is 0.830. The van der Waals surface area contributed by atoms with Crippen LogP contribution in [0, 0.1) is 0 Å². The number of fused-ring (bicyclic) bond motifs is 1. The minimum absolute atomic E-state index is 0.0312. The van der Waals surface area contributed by atoms with Crippen molar-refractivity contribution in [2.24, 2.45) is 0 Å². The molecule has 2 aromatic rings. The predicted molar refractivity (Wildman–Crippen MR) is 92.7 cm³/mol. The molecule has 0 saturated carbocycles. The fraction of sp³-hybridized carbons (Fsp3) is 0.467. The minimum Gasteiger partial charge on any atom is -0.371 e. The number of amides is 1. The molecule has 6 heteroatoms. The van der Waals surface area contributed by atoms with Gasteiger partial charge in [-0.25, -0.2) is 4.98 Å². The van der Waals surface area contributed by atoms with Gasteiger partial charge in [-0.2, -0.15) is 0 Å². The number of alkyl halides is 1. The highest BCUT2D eigenvalue weighted by Gasteiger charge is 2.16. The minimum atomic E-state index is -0.162. The van der Waals surface area contributed by atoms with Crippen molar-refractivity contribution < 1.29 is 4.79 Å². The average molecular weight is 368 g/mol. The Morgan fingerprint density at radius 3 is 2.95 bits per heavy atom. The molecule has 1 aromatic heterocycles. The van der Waals surface area contributed by atoms with Crippen LogP contribution in [0.25, 0.3) is 10.2 Å². The fourth-order valence-electron chi connectivity index (χ4n) is 2.51. The second kappa shape index (κ2) is 6.32. The SMILES string of the molecule is CC[C@H](Br)C(=O)Nc1nc2ccc(N3CCCC3)cc2s1. The second-order valence-electron chi connectivity index (χ2n) is 5.23. The lowest BCUT2D eigenvalue weighted by molar-refractivity contribution is -0.115. The maximum atomic E-state index is 11.9. The molecule has 112 valence electrons. The average Bonchev–Trinajstić information content (AvgIpc) is 3.14. The fourth-order valence-corrected chi connectivity index (χ4v) is 3.52. The summed E-state index contributed by atoms with van der Waals surface area (Å²) in [5.41, 5.74) is 2.20. The smallest absolute Gasteiger partial charge is 0.239 e. The Morgan fingerprint density at radius 2 is 2.24 bits per heavy atom. The van der Waals surface area contributed by atoms with Crippen molar-refractivity contribution in [2.45, 2.75) is 31.0 Å². The monoisotopic (exact) mass is 367 g/mol. The highest BCUT2D eigenvalue weighted by Crippen LogP contribution is 2.31. The molecule has 1 fully saturated rings. The van der Waals surface area contributed by atoms with E-state index in [1.165, 1.54) is 29.9 Å². The topological polar surface area (TPSA) is 45.2 Å². The highest BCUT2D eigenvalue weighted by atomic mass is 79.9. The lowest BCUT2D eigenvalue weighted by atomic mass is 10.3. The number of carbonyl (C=O) groups excluding carboxylic acids is 1. The first-order valence-electron chi connectivity index (χ1n) is 7.28. The molecule has 0 bridgehead atoms. The number of nitrogens with zero attached hydrogens (tertiary/aromatic N) is 2. The standard InChI is InChI=1S/C15H18BrN3OS/c1-2-11(16)14(20)18-15-17-12-6-5-10(9-13(12)21-15)19-7-3-4-8-19/h5-6,9,11H,2-4,7-8H2,1H3,(H,17,18,20)/t11-/m0/s1. The van der Waals surface area contributed by atoms with Crippen molar-refractivity contribution in [3.05, 3.63) is 18.2 Å². The maximum Gasteiger partial charge on any atom is 0.239 e. The number of hydrogen-bond acceptors (Lipinski definition) is 4. The van der Waals surface area contributed by atoms with Gasteiger partial charge in [0, 0.05) is 18.8 Å². The maximum absolute atomic E-state index is 11.9. The molecule has 0 radical (unpaired) electrons. The van der Waals surface area contributed by atoms with E-state index in [0.29, 0.717) is 5.13 Å². The molecule has 0 unspecified atom stereocenters. The van der Waals surface area contributed by atoms with E-state index in [-0.39, 0.29) is 10.7 Å². The van der Waals surface area contributed by atoms with E-state index in [1.54, 1.807) is 0 Å². The molecule has 1 aliphatic rings. The van der Waals surface area contributed by atoms with Crippen LogP contribution in [0.2, 0.25) is 0 Å². The number of nitrogens with one attached hydrogen (secondary N) is 1. The highest BCUT2D eigenvalue weighted by molar-refractivity contribution is 9.10. The molecule has 1 amide bonds. The summed E-state index contributed by atoms with van der Waals surface area (Å²) in [5.74, 6) is -0.0312. The van der Waals surface area contributed by atoms with Gasteiger partial charge in [0.2, 0.25) is 5.91 Å². The van der Waals surface area contributed by atoms with Crippen LogP contribution in [0.1, 0.15) is 26.2 Å². The molecular weight excluding hydrogens is 350 g/mol. The summed E-state index contributed by atoms with van der Waals surface area (Å²) in [6.07, 6.45) is 3.30. The van der Waals surface area contributed by atoms with Gasteiger partial charge in [0.25, 0.3) is 0 Å². The first kappa shape index (κ1) is 14.8. The van der Waals surface area contributed by atoms with Crippen molar-refractivity contribution in [3.63, 3.8) is 0 Å². The van der Waals surface area contributed by atoms with Gasteiger partial charge >= 0.3 is 0 Å². The predicted octanol–water partition coefficient (Wildman–Crippen LogP) is 4.01. The molecular formula is C15H18BrN3OS. The van der Waals surface area contributed by atoms with Gasteiger partial charge in [0.1, 0.15) is 0 Å². The number of aromatic nitrogens is 1. The van der Waals surface area contributed by atoms with Gasteiger partial charge in [0.05, 0.1) is 15.0 Å². The van der Waals surface area contributed by atoms with Crippen LogP contribution in [-0.4, -0.2) is 28.8 Å². The Bertz CT molecular complexity index is 651. The zero-order chi connectivity index (χ0) is 14.8. The van der Waals surface area contributed by atoms with Crippen molar-refractivity contribution in [1.29, 1.82) is 0 Å². The molecule has 0 spiro atoms. The molecule has 4 nitrogen and oxygen atoms in total. The Labute approximate surface area is 136 Å². The molecule has 3 rings (SSSR count). The third-order valence-electron chi connectivity index (χ3n) is 3.72. The van der Waals surface area contributed by atoms with E-state index in [1.807, 2.05) is 13.0 Å². The first-order valence-corrected chi connectivity index (χ1v) is 9.01. The molecule has 1 aromatic carbocycles. The van der Waals surface area contributed by atoms with Crippen molar-refractivity contribution in [2.75, 3.05) is 23.3 Å². The summed E-state index contributed by atoms with van der Waals surface area (Å²) < 4.78 is 1.12. The molecule has 1 aliphatic heterocycles. The number of thiazole rings is 1. The molecule has 21 heavy (non-hydrogen) atoms. The first-order chi connectivity index (χ1) is 10.2. The van der Waals surface area contributed by atoms with Gasteiger partial charge in [-0.05, 0) is 37.5 Å². The van der Waals surface area contributed by atoms with Crippen LogP contribution in [0.3, 0.4) is 0 Å². The Morgan fingerprint density at radius 1 is 1.48 bits per heavy atom. The third-order valence-corrected chi connectivity index (χ3v) is 5.71. The van der Waals surface area contributed by atoms with Crippen molar-refractivity contribution in [1.82, 2.24) is 4.98 Å². The van der Waals surface area contributed by atoms with Crippen LogP contribution in [0.15, 0.2) is 18.2 Å². The van der Waals surface area contributed by atoms with Gasteiger partial charge in [-0.1, -0.05) is 34.2 Å². The van der Waals surface area contributed by atoms with Gasteiger partial charge in [0.15, 0.2) is 5.13 Å². The Balaban J connectivity index is 1.81. The van der Waals surface area contributed by atoms with E-state index in [0.717, 1.165) is 29.7 Å². The van der Waals surface area contributed by atoms with Crippen LogP contribution >= 0.6 is 27.3 Å². The lowest BCUT2D eigenvalue weighted by Gasteiger charge is -2.16. The van der Waals surface area contributed by atoms with E-state index in [4.69, 9.17) is 0 Å². The largest absolute Gasteiger partial charge is 0.371 e. The third kappa shape index (κ3) is 3.21. The number of halogens is 1. The molecule has 2 heterocycles. The lowest BCUT2D eigenvalue weighted by Crippen LogP contribution is -2.21. The summed E-state index contributed by atoms with van der Waals surface area (Å²) in [6.45, 7) is 4.24. The van der Waals surface area contributed by atoms with Crippen LogP contribution in [-0.2, 0) is 4.79 Å². The van der Waals surface area contributed by atoms with Gasteiger partial charge in [-0.3, -0.25) is 4.79 Å². The second-order valence-corrected chi connectivity index (χ2v) is 7.37. The molecule has 1 saturated heterocycles. The number of benzene rings is 1. The normalized spacial score (nSPS) is 16.4. The Kier molecular flexibility index (Phi) is 4.45. The summed E-state index contributed by atoms with van der Waals surface area (Å²) in [5, 5.41) is 3.55. The number of carbonyl (C=O) groups is 1. The zero-order valence-electron chi connectivity index (χ0n) is 11.9. The van der Waals surface area contributed by atoms with Gasteiger partial charge < -0.3 is 10.2 Å². The van der Waals surface area contributed by atoms with Crippen LogP contribution in [0.4, 0.5) is 10.8 Å². The van der Waals surface area contributed by atoms with Gasteiger partial charge in [-0.15, -0.1) is 0 Å². The van der Waals surface area contributed by atoms with E-state index in [9.17, 15) is 4.79 Å². The molecule has 1 N–H and O–H groups in total. The van der Waals surface area contributed by atoms with E-state index >= 15 is 0 Å². The summed E-state index contributed by atoms with van der Waals surface area (Å²) in [4.78, 5) is 18.6. The molecule has 1 atom stereocenters.